The lowest BCUT2D eigenvalue weighted by Crippen LogP contribution is -2.50. The van der Waals surface area contributed by atoms with E-state index in [1.165, 1.54) is 30.5 Å². The molecule has 2 aliphatic heterocycles. The van der Waals surface area contributed by atoms with Crippen LogP contribution in [0.1, 0.15) is 37.7 Å². The maximum Gasteiger partial charge on any atom is 0.0410 e. The van der Waals surface area contributed by atoms with Crippen LogP contribution in [0.4, 0.5) is 5.69 Å². The van der Waals surface area contributed by atoms with Gasteiger partial charge in [0.25, 0.3) is 0 Å². The van der Waals surface area contributed by atoms with Gasteiger partial charge >= 0.3 is 0 Å². The van der Waals surface area contributed by atoms with Crippen LogP contribution in [0.2, 0.25) is 5.02 Å². The van der Waals surface area contributed by atoms with Crippen molar-refractivity contribution in [1.29, 1.82) is 0 Å². The van der Waals surface area contributed by atoms with Gasteiger partial charge in [-0.3, -0.25) is 0 Å². The summed E-state index contributed by atoms with van der Waals surface area (Å²) in [4.78, 5) is 0. The third-order valence-corrected chi connectivity index (χ3v) is 4.44. The van der Waals surface area contributed by atoms with Crippen molar-refractivity contribution in [2.75, 3.05) is 18.4 Å². The summed E-state index contributed by atoms with van der Waals surface area (Å²) in [6.07, 6.45) is 3.67. The Morgan fingerprint density at radius 2 is 2.06 bits per heavy atom. The smallest absolute Gasteiger partial charge is 0.0410 e. The molecule has 2 N–H and O–H groups in total. The number of benzene rings is 1. The predicted octanol–water partition coefficient (Wildman–Crippen LogP) is 3.38. The van der Waals surface area contributed by atoms with Crippen molar-refractivity contribution in [3.05, 3.63) is 28.8 Å². The second-order valence-corrected chi connectivity index (χ2v) is 5.93. The van der Waals surface area contributed by atoms with E-state index >= 15 is 0 Å². The largest absolute Gasteiger partial charge is 0.379 e. The summed E-state index contributed by atoms with van der Waals surface area (Å²) in [6, 6.07) is 6.24. The van der Waals surface area contributed by atoms with Crippen molar-refractivity contribution in [2.45, 2.75) is 37.6 Å². The molecule has 1 fully saturated rings. The van der Waals surface area contributed by atoms with E-state index < -0.39 is 0 Å². The third-order valence-electron chi connectivity index (χ3n) is 4.20. The number of anilines is 1. The van der Waals surface area contributed by atoms with Crippen LogP contribution >= 0.6 is 11.6 Å². The second-order valence-electron chi connectivity index (χ2n) is 5.49. The van der Waals surface area contributed by atoms with Crippen molar-refractivity contribution in [3.8, 4) is 0 Å². The Hall–Kier alpha value is -0.730. The van der Waals surface area contributed by atoms with Crippen molar-refractivity contribution >= 4 is 17.3 Å². The second kappa shape index (κ2) is 4.18. The van der Waals surface area contributed by atoms with Crippen LogP contribution in [0.15, 0.2) is 18.2 Å². The summed E-state index contributed by atoms with van der Waals surface area (Å²) in [5.74, 6) is 0.600. The number of rotatable bonds is 0. The van der Waals surface area contributed by atoms with Crippen LogP contribution in [0, 0.1) is 0 Å². The summed E-state index contributed by atoms with van der Waals surface area (Å²) in [6.45, 7) is 4.57. The lowest BCUT2D eigenvalue weighted by Gasteiger charge is -2.45. The van der Waals surface area contributed by atoms with Crippen molar-refractivity contribution < 1.29 is 0 Å². The van der Waals surface area contributed by atoms with Crippen LogP contribution in [0.25, 0.3) is 0 Å². The standard InChI is InChI=1S/C14H19ClN2/c1-10-9-14(4-6-16-7-5-14)17-13-3-2-11(15)8-12(10)13/h2-3,8,10,16-17H,4-7,9H2,1H3. The molecular formula is C14H19ClN2. The minimum absolute atomic E-state index is 0.311. The number of hydrogen-bond acceptors (Lipinski definition) is 2. The molecule has 92 valence electrons. The molecule has 1 spiro atoms. The minimum Gasteiger partial charge on any atom is -0.379 e. The van der Waals surface area contributed by atoms with E-state index in [2.05, 4.69) is 29.7 Å². The van der Waals surface area contributed by atoms with Gasteiger partial charge in [0.05, 0.1) is 0 Å². The Morgan fingerprint density at radius 1 is 1.29 bits per heavy atom. The highest BCUT2D eigenvalue weighted by Gasteiger charge is 2.37. The summed E-state index contributed by atoms with van der Waals surface area (Å²) in [5, 5.41) is 8.06. The molecule has 1 atom stereocenters. The highest BCUT2D eigenvalue weighted by atomic mass is 35.5. The number of fused-ring (bicyclic) bond motifs is 1. The molecule has 1 aromatic rings. The van der Waals surface area contributed by atoms with Gasteiger partial charge in [-0.15, -0.1) is 0 Å². The number of hydrogen-bond donors (Lipinski definition) is 2. The van der Waals surface area contributed by atoms with Crippen LogP contribution in [-0.2, 0) is 0 Å². The van der Waals surface area contributed by atoms with E-state index in [0.29, 0.717) is 11.5 Å². The van der Waals surface area contributed by atoms with Gasteiger partial charge in [0.2, 0.25) is 0 Å². The molecule has 2 heterocycles. The molecular weight excluding hydrogens is 232 g/mol. The van der Waals surface area contributed by atoms with E-state index in [9.17, 15) is 0 Å². The van der Waals surface area contributed by atoms with Crippen LogP contribution < -0.4 is 10.6 Å². The quantitative estimate of drug-likeness (QED) is 0.738. The number of halogens is 1. The molecule has 3 heteroatoms. The Labute approximate surface area is 108 Å². The average molecular weight is 251 g/mol. The fraction of sp³-hybridized carbons (Fsp3) is 0.571. The molecule has 2 nitrogen and oxygen atoms in total. The molecule has 0 bridgehead atoms. The molecule has 0 aliphatic carbocycles. The Balaban J connectivity index is 1.94. The molecule has 1 unspecified atom stereocenters. The van der Waals surface area contributed by atoms with Gasteiger partial charge in [0.1, 0.15) is 0 Å². The summed E-state index contributed by atoms with van der Waals surface area (Å²) in [7, 11) is 0. The third kappa shape index (κ3) is 2.04. The van der Waals surface area contributed by atoms with Gasteiger partial charge < -0.3 is 10.6 Å². The molecule has 0 saturated carbocycles. The van der Waals surface area contributed by atoms with Gasteiger partial charge in [0.15, 0.2) is 0 Å². The van der Waals surface area contributed by atoms with Crippen molar-refractivity contribution in [2.24, 2.45) is 0 Å². The van der Waals surface area contributed by atoms with Crippen LogP contribution in [0.5, 0.6) is 0 Å². The highest BCUT2D eigenvalue weighted by molar-refractivity contribution is 6.30. The normalized spacial score (nSPS) is 26.4. The van der Waals surface area contributed by atoms with Gasteiger partial charge in [-0.25, -0.2) is 0 Å². The van der Waals surface area contributed by atoms with Crippen LogP contribution in [0.3, 0.4) is 0 Å². The van der Waals surface area contributed by atoms with Crippen LogP contribution in [-0.4, -0.2) is 18.6 Å². The molecule has 2 aliphatic rings. The molecule has 1 aromatic carbocycles. The predicted molar refractivity (Wildman–Crippen MR) is 72.9 cm³/mol. The first kappa shape index (κ1) is 11.4. The fourth-order valence-electron chi connectivity index (χ4n) is 3.32. The van der Waals surface area contributed by atoms with Gasteiger partial charge in [0, 0.05) is 16.2 Å². The summed E-state index contributed by atoms with van der Waals surface area (Å²) < 4.78 is 0. The zero-order valence-corrected chi connectivity index (χ0v) is 11.0. The lowest BCUT2D eigenvalue weighted by atomic mass is 9.75. The van der Waals surface area contributed by atoms with E-state index in [0.717, 1.165) is 18.1 Å². The maximum absolute atomic E-state index is 6.08. The minimum atomic E-state index is 0.311. The zero-order valence-electron chi connectivity index (χ0n) is 10.2. The first-order valence-electron chi connectivity index (χ1n) is 6.47. The highest BCUT2D eigenvalue weighted by Crippen LogP contribution is 2.43. The maximum atomic E-state index is 6.08. The number of piperidine rings is 1. The topological polar surface area (TPSA) is 24.1 Å². The van der Waals surface area contributed by atoms with Gasteiger partial charge in [-0.1, -0.05) is 18.5 Å². The Bertz CT molecular complexity index is 424. The SMILES string of the molecule is CC1CC2(CCNCC2)Nc2ccc(Cl)cc21. The molecule has 17 heavy (non-hydrogen) atoms. The molecule has 3 rings (SSSR count). The Kier molecular flexibility index (Phi) is 2.80. The van der Waals surface area contributed by atoms with Crippen molar-refractivity contribution in [3.63, 3.8) is 0 Å². The van der Waals surface area contributed by atoms with Crippen molar-refractivity contribution in [1.82, 2.24) is 5.32 Å². The average Bonchev–Trinajstić information content (AvgIpc) is 2.31. The monoisotopic (exact) mass is 250 g/mol. The van der Waals surface area contributed by atoms with Gasteiger partial charge in [-0.2, -0.15) is 0 Å². The first-order valence-corrected chi connectivity index (χ1v) is 6.85. The first-order chi connectivity index (χ1) is 8.19. The fourth-order valence-corrected chi connectivity index (χ4v) is 3.50. The molecule has 0 aromatic heterocycles. The zero-order chi connectivity index (χ0) is 11.9. The molecule has 0 radical (unpaired) electrons. The van der Waals surface area contributed by atoms with E-state index in [-0.39, 0.29) is 0 Å². The summed E-state index contributed by atoms with van der Waals surface area (Å²) in [5.41, 5.74) is 2.97. The lowest BCUT2D eigenvalue weighted by molar-refractivity contribution is 0.294. The Morgan fingerprint density at radius 3 is 2.82 bits per heavy atom. The van der Waals surface area contributed by atoms with Gasteiger partial charge in [-0.05, 0) is 62.0 Å². The number of nitrogens with one attached hydrogen (secondary N) is 2. The molecule has 1 saturated heterocycles. The van der Waals surface area contributed by atoms with E-state index in [4.69, 9.17) is 11.6 Å². The molecule has 0 amide bonds. The van der Waals surface area contributed by atoms with E-state index in [1.54, 1.807) is 0 Å². The summed E-state index contributed by atoms with van der Waals surface area (Å²) >= 11 is 6.08. The van der Waals surface area contributed by atoms with E-state index in [1.807, 2.05) is 6.07 Å².